The summed E-state index contributed by atoms with van der Waals surface area (Å²) < 4.78 is 14.3. The highest BCUT2D eigenvalue weighted by Gasteiger charge is 2.10. The van der Waals surface area contributed by atoms with Crippen molar-refractivity contribution in [3.05, 3.63) is 41.5 Å². The van der Waals surface area contributed by atoms with E-state index in [1.54, 1.807) is 13.0 Å². The zero-order chi connectivity index (χ0) is 15.4. The molecule has 2 rings (SSSR count). The first-order valence-corrected chi connectivity index (χ1v) is 6.11. The van der Waals surface area contributed by atoms with E-state index in [0.717, 1.165) is 5.56 Å². The van der Waals surface area contributed by atoms with Crippen molar-refractivity contribution in [2.75, 3.05) is 5.32 Å². The maximum Gasteiger partial charge on any atom is 0.309 e. The fourth-order valence-corrected chi connectivity index (χ4v) is 1.72. The minimum atomic E-state index is -1.03. The van der Waals surface area contributed by atoms with Gasteiger partial charge < -0.3 is 10.4 Å². The summed E-state index contributed by atoms with van der Waals surface area (Å²) in [5.41, 5.74) is 1.37. The minimum Gasteiger partial charge on any atom is -0.481 e. The van der Waals surface area contributed by atoms with E-state index in [4.69, 9.17) is 5.11 Å². The van der Waals surface area contributed by atoms with Crippen molar-refractivity contribution in [1.82, 2.24) is 15.0 Å². The van der Waals surface area contributed by atoms with Crippen LogP contribution in [-0.2, 0) is 22.6 Å². The predicted octanol–water partition coefficient (Wildman–Crippen LogP) is 0.991. The van der Waals surface area contributed by atoms with E-state index in [1.807, 2.05) is 0 Å². The molecular weight excluding hydrogens is 279 g/mol. The summed E-state index contributed by atoms with van der Waals surface area (Å²) in [6, 6.07) is 4.09. The first-order valence-electron chi connectivity index (χ1n) is 6.11. The molecule has 1 amide bonds. The quantitative estimate of drug-likeness (QED) is 0.856. The van der Waals surface area contributed by atoms with Gasteiger partial charge in [0.1, 0.15) is 12.4 Å². The summed E-state index contributed by atoms with van der Waals surface area (Å²) in [6.07, 6.45) is 1.12. The van der Waals surface area contributed by atoms with Crippen LogP contribution in [0.2, 0.25) is 0 Å². The molecule has 0 unspecified atom stereocenters. The zero-order valence-corrected chi connectivity index (χ0v) is 11.2. The molecule has 0 fully saturated rings. The molecule has 1 aromatic heterocycles. The number of carboxylic acid groups (broad SMARTS) is 1. The van der Waals surface area contributed by atoms with Gasteiger partial charge in [-0.2, -0.15) is 0 Å². The summed E-state index contributed by atoms with van der Waals surface area (Å²) in [5, 5.41) is 18.5. The molecule has 21 heavy (non-hydrogen) atoms. The van der Waals surface area contributed by atoms with Gasteiger partial charge >= 0.3 is 5.97 Å². The SMILES string of the molecule is Cc1ccc(F)cc1NC(=O)Cn1cc(CC(=O)O)nn1. The van der Waals surface area contributed by atoms with Gasteiger partial charge in [0.05, 0.1) is 12.1 Å². The smallest absolute Gasteiger partial charge is 0.309 e. The number of aliphatic carboxylic acids is 1. The van der Waals surface area contributed by atoms with Crippen molar-refractivity contribution in [1.29, 1.82) is 0 Å². The predicted molar refractivity (Wildman–Crippen MR) is 71.1 cm³/mol. The summed E-state index contributed by atoms with van der Waals surface area (Å²) in [4.78, 5) is 22.4. The number of aromatic nitrogens is 3. The van der Waals surface area contributed by atoms with Gasteiger partial charge in [-0.25, -0.2) is 9.07 Å². The molecule has 7 nitrogen and oxygen atoms in total. The monoisotopic (exact) mass is 292 g/mol. The molecular formula is C13H13FN4O3. The Bertz CT molecular complexity index is 684. The van der Waals surface area contributed by atoms with Crippen LogP contribution in [0.4, 0.5) is 10.1 Å². The highest BCUT2D eigenvalue weighted by atomic mass is 19.1. The van der Waals surface area contributed by atoms with E-state index in [2.05, 4.69) is 15.6 Å². The number of hydrogen-bond donors (Lipinski definition) is 2. The summed E-state index contributed by atoms with van der Waals surface area (Å²) in [6.45, 7) is 1.61. The Kier molecular flexibility index (Phi) is 4.27. The van der Waals surface area contributed by atoms with Gasteiger partial charge in [-0.3, -0.25) is 9.59 Å². The molecule has 0 aliphatic heterocycles. The number of aryl methyl sites for hydroxylation is 1. The van der Waals surface area contributed by atoms with Gasteiger partial charge in [0.25, 0.3) is 0 Å². The number of halogens is 1. The maximum absolute atomic E-state index is 13.1. The molecule has 2 N–H and O–H groups in total. The number of anilines is 1. The Morgan fingerprint density at radius 3 is 2.90 bits per heavy atom. The van der Waals surface area contributed by atoms with E-state index >= 15 is 0 Å². The molecule has 110 valence electrons. The molecule has 0 spiro atoms. The average Bonchev–Trinajstić information content (AvgIpc) is 2.80. The minimum absolute atomic E-state index is 0.136. The third-order valence-electron chi connectivity index (χ3n) is 2.70. The van der Waals surface area contributed by atoms with Gasteiger partial charge in [0.15, 0.2) is 0 Å². The van der Waals surface area contributed by atoms with Gasteiger partial charge in [-0.1, -0.05) is 11.3 Å². The molecule has 2 aromatic rings. The van der Waals surface area contributed by atoms with Crippen molar-refractivity contribution >= 4 is 17.6 Å². The Morgan fingerprint density at radius 2 is 2.19 bits per heavy atom. The largest absolute Gasteiger partial charge is 0.481 e. The van der Waals surface area contributed by atoms with Crippen LogP contribution in [0, 0.1) is 12.7 Å². The van der Waals surface area contributed by atoms with Crippen LogP contribution in [0.3, 0.4) is 0 Å². The fraction of sp³-hybridized carbons (Fsp3) is 0.231. The second-order valence-corrected chi connectivity index (χ2v) is 4.49. The lowest BCUT2D eigenvalue weighted by molar-refractivity contribution is -0.136. The Hall–Kier alpha value is -2.77. The fourth-order valence-electron chi connectivity index (χ4n) is 1.72. The lowest BCUT2D eigenvalue weighted by Crippen LogP contribution is -2.19. The standard InChI is InChI=1S/C13H13FN4O3/c1-8-2-3-9(14)4-11(8)15-12(19)7-18-6-10(16-17-18)5-13(20)21/h2-4,6H,5,7H2,1H3,(H,15,19)(H,20,21). The molecule has 1 heterocycles. The number of nitrogens with zero attached hydrogens (tertiary/aromatic N) is 3. The van der Waals surface area contributed by atoms with Gasteiger partial charge in [-0.05, 0) is 24.6 Å². The van der Waals surface area contributed by atoms with Crippen molar-refractivity contribution in [2.45, 2.75) is 19.9 Å². The van der Waals surface area contributed by atoms with E-state index in [9.17, 15) is 14.0 Å². The maximum atomic E-state index is 13.1. The third-order valence-corrected chi connectivity index (χ3v) is 2.70. The molecule has 8 heteroatoms. The molecule has 0 atom stereocenters. The summed E-state index contributed by atoms with van der Waals surface area (Å²) in [5.74, 6) is -1.88. The number of carbonyl (C=O) groups is 2. The van der Waals surface area contributed by atoms with E-state index in [-0.39, 0.29) is 18.7 Å². The van der Waals surface area contributed by atoms with Crippen molar-refractivity contribution in [3.63, 3.8) is 0 Å². The van der Waals surface area contributed by atoms with E-state index in [1.165, 1.54) is 23.0 Å². The second kappa shape index (κ2) is 6.12. The van der Waals surface area contributed by atoms with Crippen LogP contribution in [0.5, 0.6) is 0 Å². The lowest BCUT2D eigenvalue weighted by atomic mass is 10.2. The number of benzene rings is 1. The highest BCUT2D eigenvalue weighted by Crippen LogP contribution is 2.15. The van der Waals surface area contributed by atoms with E-state index in [0.29, 0.717) is 5.69 Å². The Morgan fingerprint density at radius 1 is 1.43 bits per heavy atom. The third kappa shape index (κ3) is 4.10. The van der Waals surface area contributed by atoms with Crippen LogP contribution >= 0.6 is 0 Å². The highest BCUT2D eigenvalue weighted by molar-refractivity contribution is 5.91. The molecule has 0 saturated carbocycles. The molecule has 0 bridgehead atoms. The van der Waals surface area contributed by atoms with E-state index < -0.39 is 17.7 Å². The number of amides is 1. The van der Waals surface area contributed by atoms with Crippen molar-refractivity contribution in [2.24, 2.45) is 0 Å². The first kappa shape index (κ1) is 14.6. The number of hydrogen-bond acceptors (Lipinski definition) is 4. The van der Waals surface area contributed by atoms with Crippen LogP contribution in [0.25, 0.3) is 0 Å². The molecule has 0 aliphatic carbocycles. The summed E-state index contributed by atoms with van der Waals surface area (Å²) in [7, 11) is 0. The Labute approximate surface area is 119 Å². The Balaban J connectivity index is 2.00. The zero-order valence-electron chi connectivity index (χ0n) is 11.2. The number of nitrogens with one attached hydrogen (secondary N) is 1. The topological polar surface area (TPSA) is 97.1 Å². The van der Waals surface area contributed by atoms with Crippen LogP contribution in [0.1, 0.15) is 11.3 Å². The summed E-state index contributed by atoms with van der Waals surface area (Å²) >= 11 is 0. The molecule has 1 aromatic carbocycles. The normalized spacial score (nSPS) is 10.4. The average molecular weight is 292 g/mol. The first-order chi connectivity index (χ1) is 9.94. The number of rotatable bonds is 5. The number of carbonyl (C=O) groups excluding carboxylic acids is 1. The lowest BCUT2D eigenvalue weighted by Gasteiger charge is -2.08. The molecule has 0 saturated heterocycles. The molecule has 0 aliphatic rings. The second-order valence-electron chi connectivity index (χ2n) is 4.49. The van der Waals surface area contributed by atoms with Gasteiger partial charge in [0.2, 0.25) is 5.91 Å². The number of carboxylic acids is 1. The van der Waals surface area contributed by atoms with Crippen LogP contribution in [-0.4, -0.2) is 32.0 Å². The van der Waals surface area contributed by atoms with Crippen LogP contribution < -0.4 is 5.32 Å². The van der Waals surface area contributed by atoms with Crippen LogP contribution in [0.15, 0.2) is 24.4 Å². The van der Waals surface area contributed by atoms with Gasteiger partial charge in [-0.15, -0.1) is 5.10 Å². The van der Waals surface area contributed by atoms with Gasteiger partial charge in [0, 0.05) is 11.9 Å². The van der Waals surface area contributed by atoms with Crippen molar-refractivity contribution < 1.29 is 19.1 Å². The molecule has 0 radical (unpaired) electrons. The van der Waals surface area contributed by atoms with Crippen molar-refractivity contribution in [3.8, 4) is 0 Å².